The summed E-state index contributed by atoms with van der Waals surface area (Å²) in [5.41, 5.74) is 3.28. The van der Waals surface area contributed by atoms with Gasteiger partial charge in [0.05, 0.1) is 6.04 Å². The molecular formula is C18H18ClNO. The van der Waals surface area contributed by atoms with Crippen LogP contribution in [0.5, 0.6) is 0 Å². The van der Waals surface area contributed by atoms with Crippen molar-refractivity contribution in [2.75, 3.05) is 7.05 Å². The Morgan fingerprint density at radius 2 is 1.95 bits per heavy atom. The van der Waals surface area contributed by atoms with Gasteiger partial charge >= 0.3 is 0 Å². The van der Waals surface area contributed by atoms with Gasteiger partial charge in [0, 0.05) is 10.4 Å². The predicted molar refractivity (Wildman–Crippen MR) is 87.9 cm³/mol. The molecule has 2 aromatic carbocycles. The fourth-order valence-corrected chi connectivity index (χ4v) is 2.80. The smallest absolute Gasteiger partial charge is 0.134 e. The van der Waals surface area contributed by atoms with Gasteiger partial charge in [0.2, 0.25) is 0 Å². The Labute approximate surface area is 129 Å². The average molecular weight is 300 g/mol. The standard InChI is InChI=1S/C18H18ClNO/c1-12-7-8-17-14(9-12)11-18(21-17)16(20-2)10-13-5-3-4-6-15(13)19/h3-9,11,16,20H,10H2,1-2H3. The van der Waals surface area contributed by atoms with Gasteiger partial charge in [0.1, 0.15) is 11.3 Å². The number of fused-ring (bicyclic) bond motifs is 1. The number of hydrogen-bond acceptors (Lipinski definition) is 2. The van der Waals surface area contributed by atoms with E-state index in [9.17, 15) is 0 Å². The molecule has 3 heteroatoms. The minimum atomic E-state index is 0.109. The van der Waals surface area contributed by atoms with Gasteiger partial charge < -0.3 is 9.73 Å². The van der Waals surface area contributed by atoms with Gasteiger partial charge in [-0.3, -0.25) is 0 Å². The molecule has 0 amide bonds. The molecule has 0 aliphatic heterocycles. The molecule has 21 heavy (non-hydrogen) atoms. The molecule has 0 saturated heterocycles. The van der Waals surface area contributed by atoms with Crippen molar-refractivity contribution in [2.24, 2.45) is 0 Å². The number of furan rings is 1. The fraction of sp³-hybridized carbons (Fsp3) is 0.222. The topological polar surface area (TPSA) is 25.2 Å². The number of benzene rings is 2. The zero-order valence-electron chi connectivity index (χ0n) is 12.2. The molecule has 108 valence electrons. The summed E-state index contributed by atoms with van der Waals surface area (Å²) in [6.45, 7) is 2.09. The van der Waals surface area contributed by atoms with Gasteiger partial charge in [-0.1, -0.05) is 41.4 Å². The quantitative estimate of drug-likeness (QED) is 0.741. The van der Waals surface area contributed by atoms with Crippen molar-refractivity contribution in [1.29, 1.82) is 0 Å². The molecule has 0 aliphatic rings. The SMILES string of the molecule is CNC(Cc1ccccc1Cl)c1cc2cc(C)ccc2o1. The Balaban J connectivity index is 1.93. The lowest BCUT2D eigenvalue weighted by Crippen LogP contribution is -2.18. The third-order valence-corrected chi connectivity index (χ3v) is 4.13. The van der Waals surface area contributed by atoms with Crippen molar-refractivity contribution in [2.45, 2.75) is 19.4 Å². The van der Waals surface area contributed by atoms with Crippen LogP contribution in [0, 0.1) is 6.92 Å². The van der Waals surface area contributed by atoms with E-state index in [1.165, 1.54) is 5.56 Å². The van der Waals surface area contributed by atoms with Crippen LogP contribution in [-0.2, 0) is 6.42 Å². The van der Waals surface area contributed by atoms with Gasteiger partial charge in [-0.25, -0.2) is 0 Å². The molecule has 1 aromatic heterocycles. The minimum Gasteiger partial charge on any atom is -0.459 e. The maximum Gasteiger partial charge on any atom is 0.134 e. The summed E-state index contributed by atoms with van der Waals surface area (Å²) < 4.78 is 5.98. The lowest BCUT2D eigenvalue weighted by Gasteiger charge is -2.14. The van der Waals surface area contributed by atoms with Crippen molar-refractivity contribution in [1.82, 2.24) is 5.32 Å². The normalized spacial score (nSPS) is 12.7. The molecule has 0 radical (unpaired) electrons. The number of hydrogen-bond donors (Lipinski definition) is 1. The van der Waals surface area contributed by atoms with E-state index in [2.05, 4.69) is 36.5 Å². The van der Waals surface area contributed by atoms with E-state index in [0.717, 1.165) is 33.7 Å². The molecule has 1 atom stereocenters. The first kappa shape index (κ1) is 14.2. The molecular weight excluding hydrogens is 282 g/mol. The van der Waals surface area contributed by atoms with Gasteiger partial charge in [-0.05, 0) is 50.2 Å². The largest absolute Gasteiger partial charge is 0.459 e. The second-order valence-electron chi connectivity index (χ2n) is 5.33. The van der Waals surface area contributed by atoms with E-state index in [0.29, 0.717) is 0 Å². The highest BCUT2D eigenvalue weighted by Crippen LogP contribution is 2.28. The molecule has 0 bridgehead atoms. The summed E-state index contributed by atoms with van der Waals surface area (Å²) in [5, 5.41) is 5.26. The highest BCUT2D eigenvalue weighted by atomic mass is 35.5. The van der Waals surface area contributed by atoms with Crippen LogP contribution >= 0.6 is 11.6 Å². The van der Waals surface area contributed by atoms with Crippen LogP contribution in [0.3, 0.4) is 0 Å². The first-order valence-corrected chi connectivity index (χ1v) is 7.46. The lowest BCUT2D eigenvalue weighted by atomic mass is 10.0. The molecule has 3 aromatic rings. The van der Waals surface area contributed by atoms with E-state index in [1.807, 2.05) is 31.3 Å². The third kappa shape index (κ3) is 2.97. The Morgan fingerprint density at radius 1 is 1.14 bits per heavy atom. The second kappa shape index (κ2) is 5.92. The number of rotatable bonds is 4. The summed E-state index contributed by atoms with van der Waals surface area (Å²) in [6.07, 6.45) is 0.801. The van der Waals surface area contributed by atoms with Crippen LogP contribution in [0.15, 0.2) is 52.9 Å². The molecule has 1 unspecified atom stereocenters. The van der Waals surface area contributed by atoms with Crippen molar-refractivity contribution < 1.29 is 4.42 Å². The molecule has 1 heterocycles. The van der Waals surface area contributed by atoms with Crippen molar-refractivity contribution in [3.63, 3.8) is 0 Å². The second-order valence-corrected chi connectivity index (χ2v) is 5.73. The fourth-order valence-electron chi connectivity index (χ4n) is 2.58. The molecule has 0 saturated carbocycles. The van der Waals surface area contributed by atoms with Gasteiger partial charge in [0.15, 0.2) is 0 Å². The van der Waals surface area contributed by atoms with E-state index in [4.69, 9.17) is 16.0 Å². The van der Waals surface area contributed by atoms with Crippen LogP contribution < -0.4 is 5.32 Å². The van der Waals surface area contributed by atoms with E-state index in [-0.39, 0.29) is 6.04 Å². The van der Waals surface area contributed by atoms with Gasteiger partial charge in [-0.2, -0.15) is 0 Å². The van der Waals surface area contributed by atoms with Crippen molar-refractivity contribution in [3.8, 4) is 0 Å². The highest BCUT2D eigenvalue weighted by Gasteiger charge is 2.16. The summed E-state index contributed by atoms with van der Waals surface area (Å²) >= 11 is 6.25. The summed E-state index contributed by atoms with van der Waals surface area (Å²) in [4.78, 5) is 0. The Morgan fingerprint density at radius 3 is 2.71 bits per heavy atom. The predicted octanol–water partition coefficient (Wildman–Crippen LogP) is 4.90. The van der Waals surface area contributed by atoms with Crippen LogP contribution in [0.25, 0.3) is 11.0 Å². The maximum atomic E-state index is 6.25. The maximum absolute atomic E-state index is 6.25. The third-order valence-electron chi connectivity index (χ3n) is 3.76. The molecule has 0 spiro atoms. The highest BCUT2D eigenvalue weighted by molar-refractivity contribution is 6.31. The number of halogens is 1. The zero-order chi connectivity index (χ0) is 14.8. The molecule has 0 fully saturated rings. The van der Waals surface area contributed by atoms with Gasteiger partial charge in [-0.15, -0.1) is 0 Å². The molecule has 0 aliphatic carbocycles. The monoisotopic (exact) mass is 299 g/mol. The van der Waals surface area contributed by atoms with Crippen LogP contribution in [0.1, 0.15) is 22.9 Å². The van der Waals surface area contributed by atoms with Crippen molar-refractivity contribution in [3.05, 3.63) is 70.4 Å². The molecule has 1 N–H and O–H groups in total. The van der Waals surface area contributed by atoms with Crippen LogP contribution in [-0.4, -0.2) is 7.05 Å². The zero-order valence-corrected chi connectivity index (χ0v) is 12.9. The van der Waals surface area contributed by atoms with Crippen molar-refractivity contribution >= 4 is 22.6 Å². The first-order valence-electron chi connectivity index (χ1n) is 7.08. The Bertz CT molecular complexity index is 763. The van der Waals surface area contributed by atoms with E-state index < -0.39 is 0 Å². The number of likely N-dealkylation sites (N-methyl/N-ethyl adjacent to an activating group) is 1. The first-order chi connectivity index (χ1) is 10.2. The molecule has 2 nitrogen and oxygen atoms in total. The summed E-state index contributed by atoms with van der Waals surface area (Å²) in [6, 6.07) is 16.4. The number of nitrogens with one attached hydrogen (secondary N) is 1. The summed E-state index contributed by atoms with van der Waals surface area (Å²) in [5.74, 6) is 0.943. The van der Waals surface area contributed by atoms with Gasteiger partial charge in [0.25, 0.3) is 0 Å². The lowest BCUT2D eigenvalue weighted by molar-refractivity contribution is 0.451. The average Bonchev–Trinajstić information content (AvgIpc) is 2.89. The number of aryl methyl sites for hydroxylation is 1. The van der Waals surface area contributed by atoms with E-state index >= 15 is 0 Å². The minimum absolute atomic E-state index is 0.109. The summed E-state index contributed by atoms with van der Waals surface area (Å²) in [7, 11) is 1.94. The Hall–Kier alpha value is -1.77. The van der Waals surface area contributed by atoms with Crippen LogP contribution in [0.4, 0.5) is 0 Å². The van der Waals surface area contributed by atoms with Crippen LogP contribution in [0.2, 0.25) is 5.02 Å². The van der Waals surface area contributed by atoms with E-state index in [1.54, 1.807) is 0 Å². The Kier molecular flexibility index (Phi) is 4.00. The molecule has 3 rings (SSSR count).